The van der Waals surface area contributed by atoms with Gasteiger partial charge in [-0.15, -0.1) is 0 Å². The van der Waals surface area contributed by atoms with E-state index in [0.717, 1.165) is 34.0 Å². The van der Waals surface area contributed by atoms with Crippen molar-refractivity contribution in [1.29, 1.82) is 0 Å². The Labute approximate surface area is 135 Å². The van der Waals surface area contributed by atoms with Crippen LogP contribution in [0.1, 0.15) is 18.4 Å². The van der Waals surface area contributed by atoms with Gasteiger partial charge < -0.3 is 14.2 Å². The molecular weight excluding hydrogens is 392 g/mol. The van der Waals surface area contributed by atoms with Crippen LogP contribution < -0.4 is 4.74 Å². The van der Waals surface area contributed by atoms with E-state index in [1.54, 1.807) is 0 Å². The van der Waals surface area contributed by atoms with Gasteiger partial charge in [-0.3, -0.25) is 0 Å². The summed E-state index contributed by atoms with van der Waals surface area (Å²) in [4.78, 5) is 11.6. The van der Waals surface area contributed by atoms with Crippen LogP contribution in [0.2, 0.25) is 0 Å². The fraction of sp³-hybridized carbons (Fsp3) is 0.500. The number of hydrogen-bond acceptors (Lipinski definition) is 4. The first kappa shape index (κ1) is 15.8. The molecule has 110 valence electrons. The Balaban J connectivity index is 1.81. The van der Waals surface area contributed by atoms with Crippen LogP contribution in [0.15, 0.2) is 21.1 Å². The molecule has 0 radical (unpaired) electrons. The van der Waals surface area contributed by atoms with Crippen molar-refractivity contribution in [2.75, 3.05) is 19.8 Å². The second-order valence-corrected chi connectivity index (χ2v) is 6.41. The first-order valence-corrected chi connectivity index (χ1v) is 8.00. The third-order valence-corrected chi connectivity index (χ3v) is 4.03. The smallest absolute Gasteiger partial charge is 0.344 e. The number of halogens is 2. The Kier molecular flexibility index (Phi) is 5.86. The van der Waals surface area contributed by atoms with Gasteiger partial charge in [-0.2, -0.15) is 0 Å². The van der Waals surface area contributed by atoms with Gasteiger partial charge in [-0.05, 0) is 53.4 Å². The van der Waals surface area contributed by atoms with Gasteiger partial charge in [0.2, 0.25) is 0 Å². The molecule has 0 saturated carbocycles. The van der Waals surface area contributed by atoms with Gasteiger partial charge in [-0.25, -0.2) is 4.79 Å². The van der Waals surface area contributed by atoms with E-state index in [1.807, 2.05) is 19.1 Å². The van der Waals surface area contributed by atoms with Gasteiger partial charge in [0.1, 0.15) is 12.4 Å². The lowest BCUT2D eigenvalue weighted by Gasteiger charge is -2.13. The second kappa shape index (κ2) is 7.43. The maximum Gasteiger partial charge on any atom is 0.344 e. The number of aryl methyl sites for hydroxylation is 1. The number of rotatable bonds is 5. The summed E-state index contributed by atoms with van der Waals surface area (Å²) in [5.74, 6) is 0.275. The van der Waals surface area contributed by atoms with Crippen molar-refractivity contribution in [2.45, 2.75) is 25.9 Å². The molecule has 1 aliphatic heterocycles. The van der Waals surface area contributed by atoms with E-state index in [2.05, 4.69) is 31.9 Å². The van der Waals surface area contributed by atoms with Gasteiger partial charge in [-0.1, -0.05) is 15.9 Å². The Hall–Kier alpha value is -0.590. The molecule has 0 N–H and O–H groups in total. The Morgan fingerprint density at radius 1 is 1.45 bits per heavy atom. The van der Waals surface area contributed by atoms with Crippen molar-refractivity contribution < 1.29 is 19.0 Å². The van der Waals surface area contributed by atoms with E-state index < -0.39 is 0 Å². The van der Waals surface area contributed by atoms with Crippen LogP contribution >= 0.6 is 31.9 Å². The average Bonchev–Trinajstić information content (AvgIpc) is 2.88. The summed E-state index contributed by atoms with van der Waals surface area (Å²) in [5.41, 5.74) is 0.943. The van der Waals surface area contributed by atoms with Crippen LogP contribution in [0.3, 0.4) is 0 Å². The zero-order chi connectivity index (χ0) is 14.5. The maximum atomic E-state index is 11.6. The van der Waals surface area contributed by atoms with Gasteiger partial charge in [0, 0.05) is 11.1 Å². The number of hydrogen-bond donors (Lipinski definition) is 0. The van der Waals surface area contributed by atoms with Crippen molar-refractivity contribution in [3.8, 4) is 5.75 Å². The summed E-state index contributed by atoms with van der Waals surface area (Å²) >= 11 is 6.81. The highest BCUT2D eigenvalue weighted by Crippen LogP contribution is 2.32. The third-order valence-electron chi connectivity index (χ3n) is 2.98. The van der Waals surface area contributed by atoms with Gasteiger partial charge in [0.15, 0.2) is 6.61 Å². The van der Waals surface area contributed by atoms with Crippen molar-refractivity contribution in [2.24, 2.45) is 0 Å². The number of benzene rings is 1. The standard InChI is InChI=1S/C14H16Br2O4/c1-9-5-10(15)6-12(16)14(9)20-8-13(17)19-7-11-3-2-4-18-11/h5-6,11H,2-4,7-8H2,1H3. The molecule has 1 unspecified atom stereocenters. The van der Waals surface area contributed by atoms with Gasteiger partial charge in [0.05, 0.1) is 10.6 Å². The zero-order valence-electron chi connectivity index (χ0n) is 11.2. The molecule has 0 aromatic heterocycles. The van der Waals surface area contributed by atoms with Crippen LogP contribution in [0.4, 0.5) is 0 Å². The Morgan fingerprint density at radius 3 is 2.90 bits per heavy atom. The largest absolute Gasteiger partial charge is 0.480 e. The van der Waals surface area contributed by atoms with E-state index in [9.17, 15) is 4.79 Å². The highest BCUT2D eigenvalue weighted by molar-refractivity contribution is 9.11. The minimum absolute atomic E-state index is 0.0418. The molecule has 1 aromatic carbocycles. The molecule has 20 heavy (non-hydrogen) atoms. The minimum atomic E-state index is -0.380. The van der Waals surface area contributed by atoms with E-state index in [0.29, 0.717) is 12.4 Å². The minimum Gasteiger partial charge on any atom is -0.480 e. The van der Waals surface area contributed by atoms with Crippen molar-refractivity contribution >= 4 is 37.8 Å². The summed E-state index contributed by atoms with van der Waals surface area (Å²) in [6.45, 7) is 2.88. The Morgan fingerprint density at radius 2 is 2.25 bits per heavy atom. The lowest BCUT2D eigenvalue weighted by atomic mass is 10.2. The quantitative estimate of drug-likeness (QED) is 0.699. The third kappa shape index (κ3) is 4.46. The molecule has 1 aliphatic rings. The molecule has 0 bridgehead atoms. The molecule has 0 spiro atoms. The van der Waals surface area contributed by atoms with Crippen molar-refractivity contribution in [3.05, 3.63) is 26.6 Å². The van der Waals surface area contributed by atoms with E-state index in [1.165, 1.54) is 0 Å². The maximum absolute atomic E-state index is 11.6. The van der Waals surface area contributed by atoms with Crippen LogP contribution in [0.5, 0.6) is 5.75 Å². The monoisotopic (exact) mass is 406 g/mol. The fourth-order valence-electron chi connectivity index (χ4n) is 2.01. The highest BCUT2D eigenvalue weighted by Gasteiger charge is 2.18. The molecule has 1 heterocycles. The predicted molar refractivity (Wildman–Crippen MR) is 82.0 cm³/mol. The molecule has 2 rings (SSSR count). The van der Waals surface area contributed by atoms with Crippen molar-refractivity contribution in [1.82, 2.24) is 0 Å². The lowest BCUT2D eigenvalue weighted by Crippen LogP contribution is -2.22. The molecule has 1 fully saturated rings. The average molecular weight is 408 g/mol. The van der Waals surface area contributed by atoms with E-state index in [4.69, 9.17) is 14.2 Å². The summed E-state index contributed by atoms with van der Waals surface area (Å²) in [7, 11) is 0. The van der Waals surface area contributed by atoms with Crippen molar-refractivity contribution in [3.63, 3.8) is 0 Å². The van der Waals surface area contributed by atoms with E-state index >= 15 is 0 Å². The normalized spacial score (nSPS) is 18.1. The van der Waals surface area contributed by atoms with Gasteiger partial charge in [0.25, 0.3) is 0 Å². The number of esters is 1. The molecule has 1 atom stereocenters. The summed E-state index contributed by atoms with van der Waals surface area (Å²) in [6.07, 6.45) is 2.02. The first-order valence-electron chi connectivity index (χ1n) is 6.42. The summed E-state index contributed by atoms with van der Waals surface area (Å²) < 4.78 is 17.8. The molecule has 4 nitrogen and oxygen atoms in total. The molecular formula is C14H16Br2O4. The second-order valence-electron chi connectivity index (χ2n) is 4.64. The molecule has 1 aromatic rings. The molecule has 6 heteroatoms. The first-order chi connectivity index (χ1) is 9.56. The molecule has 0 aliphatic carbocycles. The topological polar surface area (TPSA) is 44.8 Å². The number of carbonyl (C=O) groups is 1. The summed E-state index contributed by atoms with van der Waals surface area (Å²) in [6, 6.07) is 3.80. The summed E-state index contributed by atoms with van der Waals surface area (Å²) in [5, 5.41) is 0. The highest BCUT2D eigenvalue weighted by atomic mass is 79.9. The van der Waals surface area contributed by atoms with Crippen LogP contribution in [0.25, 0.3) is 0 Å². The SMILES string of the molecule is Cc1cc(Br)cc(Br)c1OCC(=O)OCC1CCCO1. The lowest BCUT2D eigenvalue weighted by molar-refractivity contribution is -0.149. The molecule has 1 saturated heterocycles. The van der Waals surface area contributed by atoms with Gasteiger partial charge >= 0.3 is 5.97 Å². The van der Waals surface area contributed by atoms with E-state index in [-0.39, 0.29) is 18.7 Å². The molecule has 0 amide bonds. The van der Waals surface area contributed by atoms with Crippen LogP contribution in [-0.2, 0) is 14.3 Å². The Bertz CT molecular complexity index is 461. The number of carbonyl (C=O) groups excluding carboxylic acids is 1. The van der Waals surface area contributed by atoms with Crippen LogP contribution in [-0.4, -0.2) is 31.9 Å². The zero-order valence-corrected chi connectivity index (χ0v) is 14.3. The predicted octanol–water partition coefficient (Wildman–Crippen LogP) is 3.62. The fourth-order valence-corrected chi connectivity index (χ4v) is 3.56. The number of ether oxygens (including phenoxy) is 3. The van der Waals surface area contributed by atoms with Crippen LogP contribution in [0, 0.1) is 6.92 Å².